The Labute approximate surface area is 159 Å². The summed E-state index contributed by atoms with van der Waals surface area (Å²) >= 11 is 3.09. The molecule has 138 valence electrons. The molecule has 0 radical (unpaired) electrons. The number of aromatic amines is 1. The molecule has 3 aromatic heterocycles. The van der Waals surface area contributed by atoms with Crippen molar-refractivity contribution in [3.63, 3.8) is 0 Å². The molecule has 0 aliphatic rings. The van der Waals surface area contributed by atoms with E-state index < -0.39 is 0 Å². The Hall–Kier alpha value is -2.03. The first-order valence-corrected chi connectivity index (χ1v) is 10.4. The lowest BCUT2D eigenvalue weighted by Crippen LogP contribution is -2.39. The maximum absolute atomic E-state index is 12.7. The molecular formula is C18H22N4O2S2. The summed E-state index contributed by atoms with van der Waals surface area (Å²) in [7, 11) is 0. The smallest absolute Gasteiger partial charge is 0.260 e. The molecule has 1 amide bonds. The third kappa shape index (κ3) is 3.72. The van der Waals surface area contributed by atoms with E-state index in [-0.39, 0.29) is 24.1 Å². The zero-order valence-electron chi connectivity index (χ0n) is 15.0. The van der Waals surface area contributed by atoms with Gasteiger partial charge in [-0.1, -0.05) is 13.0 Å². The van der Waals surface area contributed by atoms with E-state index in [1.807, 2.05) is 48.6 Å². The average molecular weight is 391 g/mol. The summed E-state index contributed by atoms with van der Waals surface area (Å²) < 4.78 is 0. The summed E-state index contributed by atoms with van der Waals surface area (Å²) in [6, 6.07) is 3.82. The van der Waals surface area contributed by atoms with Crippen molar-refractivity contribution in [3.8, 4) is 10.4 Å². The van der Waals surface area contributed by atoms with Crippen molar-refractivity contribution >= 4 is 38.8 Å². The molecule has 3 heterocycles. The molecule has 6 nitrogen and oxygen atoms in total. The van der Waals surface area contributed by atoms with E-state index in [0.717, 1.165) is 15.3 Å². The van der Waals surface area contributed by atoms with E-state index >= 15 is 0 Å². The zero-order chi connectivity index (χ0) is 18.7. The lowest BCUT2D eigenvalue weighted by molar-refractivity contribution is -0.122. The van der Waals surface area contributed by atoms with Gasteiger partial charge in [0.1, 0.15) is 10.7 Å². The summed E-state index contributed by atoms with van der Waals surface area (Å²) in [5.41, 5.74) is 0.804. The van der Waals surface area contributed by atoms with Crippen LogP contribution in [0.2, 0.25) is 0 Å². The second-order valence-corrected chi connectivity index (χ2v) is 7.76. The van der Waals surface area contributed by atoms with E-state index in [1.165, 1.54) is 11.3 Å². The number of carbonyl (C=O) groups excluding carboxylic acids is 1. The van der Waals surface area contributed by atoms with Crippen LogP contribution in [0, 0.1) is 0 Å². The normalized spacial score (nSPS) is 12.6. The highest BCUT2D eigenvalue weighted by molar-refractivity contribution is 7.18. The first-order chi connectivity index (χ1) is 12.5. The van der Waals surface area contributed by atoms with Crippen LogP contribution in [0.25, 0.3) is 20.7 Å². The SMILES string of the molecule is CCNC(=O)CN(CC)[C@@H](C)c1nc2scc(-c3cccs3)c2c(=O)[nH]1. The summed E-state index contributed by atoms with van der Waals surface area (Å²) in [6.45, 7) is 7.41. The maximum atomic E-state index is 12.7. The van der Waals surface area contributed by atoms with Gasteiger partial charge in [0, 0.05) is 22.4 Å². The minimum atomic E-state index is -0.160. The third-order valence-corrected chi connectivity index (χ3v) is 6.09. The third-order valence-electron chi connectivity index (χ3n) is 4.32. The van der Waals surface area contributed by atoms with Crippen LogP contribution in [0.1, 0.15) is 32.6 Å². The predicted octanol–water partition coefficient (Wildman–Crippen LogP) is 3.23. The van der Waals surface area contributed by atoms with Crippen molar-refractivity contribution in [2.75, 3.05) is 19.6 Å². The van der Waals surface area contributed by atoms with Crippen LogP contribution in [0.5, 0.6) is 0 Å². The van der Waals surface area contributed by atoms with Crippen molar-refractivity contribution in [1.29, 1.82) is 0 Å². The van der Waals surface area contributed by atoms with Crippen molar-refractivity contribution in [2.45, 2.75) is 26.8 Å². The van der Waals surface area contributed by atoms with E-state index in [1.54, 1.807) is 11.3 Å². The molecule has 0 bridgehead atoms. The topological polar surface area (TPSA) is 78.1 Å². The summed E-state index contributed by atoms with van der Waals surface area (Å²) in [5.74, 6) is 0.564. The number of amides is 1. The highest BCUT2D eigenvalue weighted by Crippen LogP contribution is 2.33. The van der Waals surface area contributed by atoms with Crippen LogP contribution in [0.4, 0.5) is 0 Å². The van der Waals surface area contributed by atoms with Gasteiger partial charge >= 0.3 is 0 Å². The number of nitrogens with one attached hydrogen (secondary N) is 2. The van der Waals surface area contributed by atoms with Crippen molar-refractivity contribution in [3.05, 3.63) is 39.1 Å². The lowest BCUT2D eigenvalue weighted by atomic mass is 10.2. The number of hydrogen-bond acceptors (Lipinski definition) is 6. The van der Waals surface area contributed by atoms with E-state index in [4.69, 9.17) is 0 Å². The molecule has 0 saturated heterocycles. The number of thiophene rings is 2. The number of fused-ring (bicyclic) bond motifs is 1. The minimum absolute atomic E-state index is 0.0271. The quantitative estimate of drug-likeness (QED) is 0.649. The molecule has 1 atom stereocenters. The van der Waals surface area contributed by atoms with Gasteiger partial charge in [0.15, 0.2) is 0 Å². The number of H-pyrrole nitrogens is 1. The number of aromatic nitrogens is 2. The van der Waals surface area contributed by atoms with Gasteiger partial charge in [0.05, 0.1) is 18.0 Å². The monoisotopic (exact) mass is 390 g/mol. The number of hydrogen-bond donors (Lipinski definition) is 2. The molecule has 8 heteroatoms. The molecule has 0 fully saturated rings. The molecule has 0 saturated carbocycles. The van der Waals surface area contributed by atoms with Gasteiger partial charge in [-0.25, -0.2) is 4.98 Å². The zero-order valence-corrected chi connectivity index (χ0v) is 16.7. The van der Waals surface area contributed by atoms with Crippen molar-refractivity contribution in [1.82, 2.24) is 20.2 Å². The Bertz CT molecular complexity index is 946. The molecule has 0 aliphatic heterocycles. The Morgan fingerprint density at radius 1 is 1.38 bits per heavy atom. The number of rotatable bonds is 7. The summed E-state index contributed by atoms with van der Waals surface area (Å²) in [4.78, 5) is 36.1. The van der Waals surface area contributed by atoms with Gasteiger partial charge in [-0.2, -0.15) is 0 Å². The molecule has 0 aromatic carbocycles. The van der Waals surface area contributed by atoms with Crippen LogP contribution < -0.4 is 10.9 Å². The fraction of sp³-hybridized carbons (Fsp3) is 0.389. The van der Waals surface area contributed by atoms with Gasteiger partial charge in [0.2, 0.25) is 5.91 Å². The van der Waals surface area contributed by atoms with Crippen molar-refractivity contribution in [2.24, 2.45) is 0 Å². The number of carbonyl (C=O) groups is 1. The molecule has 3 aromatic rings. The van der Waals surface area contributed by atoms with Gasteiger partial charge in [-0.05, 0) is 31.8 Å². The largest absolute Gasteiger partial charge is 0.355 e. The second-order valence-electron chi connectivity index (χ2n) is 5.95. The number of likely N-dealkylation sites (N-methyl/N-ethyl adjacent to an activating group) is 2. The molecular weight excluding hydrogens is 368 g/mol. The molecule has 26 heavy (non-hydrogen) atoms. The standard InChI is InChI=1S/C18H22N4O2S2/c1-4-19-14(23)9-22(5-2)11(3)16-20-17(24)15-12(10-26-18(15)21-16)13-7-6-8-25-13/h6-8,10-11H,4-5,9H2,1-3H3,(H,19,23)(H,20,21,24)/t11-/m0/s1. The van der Waals surface area contributed by atoms with Gasteiger partial charge < -0.3 is 10.3 Å². The highest BCUT2D eigenvalue weighted by Gasteiger charge is 2.21. The van der Waals surface area contributed by atoms with Crippen LogP contribution in [0.15, 0.2) is 27.7 Å². The molecule has 0 aliphatic carbocycles. The fourth-order valence-electron chi connectivity index (χ4n) is 2.91. The summed E-state index contributed by atoms with van der Waals surface area (Å²) in [5, 5.41) is 7.43. The van der Waals surface area contributed by atoms with Crippen LogP contribution in [0.3, 0.4) is 0 Å². The van der Waals surface area contributed by atoms with Crippen molar-refractivity contribution < 1.29 is 4.79 Å². The first kappa shape index (κ1) is 18.8. The Balaban J connectivity index is 1.93. The molecule has 0 unspecified atom stereocenters. The van der Waals surface area contributed by atoms with Crippen LogP contribution in [-0.4, -0.2) is 40.4 Å². The van der Waals surface area contributed by atoms with Crippen LogP contribution >= 0.6 is 22.7 Å². The van der Waals surface area contributed by atoms with E-state index in [2.05, 4.69) is 15.3 Å². The Morgan fingerprint density at radius 3 is 2.85 bits per heavy atom. The summed E-state index contributed by atoms with van der Waals surface area (Å²) in [6.07, 6.45) is 0. The number of nitrogens with zero attached hydrogens (tertiary/aromatic N) is 2. The van der Waals surface area contributed by atoms with E-state index in [0.29, 0.717) is 24.3 Å². The second kappa shape index (κ2) is 8.11. The Morgan fingerprint density at radius 2 is 2.19 bits per heavy atom. The van der Waals surface area contributed by atoms with Crippen LogP contribution in [-0.2, 0) is 4.79 Å². The average Bonchev–Trinajstić information content (AvgIpc) is 3.28. The van der Waals surface area contributed by atoms with Gasteiger partial charge in [-0.3, -0.25) is 14.5 Å². The van der Waals surface area contributed by atoms with Gasteiger partial charge in [0.25, 0.3) is 5.56 Å². The predicted molar refractivity (Wildman–Crippen MR) is 108 cm³/mol. The Kier molecular flexibility index (Phi) is 5.85. The van der Waals surface area contributed by atoms with Gasteiger partial charge in [-0.15, -0.1) is 22.7 Å². The fourth-order valence-corrected chi connectivity index (χ4v) is 4.68. The highest BCUT2D eigenvalue weighted by atomic mass is 32.1. The first-order valence-electron chi connectivity index (χ1n) is 8.61. The molecule has 0 spiro atoms. The lowest BCUT2D eigenvalue weighted by Gasteiger charge is -2.26. The molecule has 2 N–H and O–H groups in total. The maximum Gasteiger partial charge on any atom is 0.260 e. The minimum Gasteiger partial charge on any atom is -0.355 e. The molecule has 3 rings (SSSR count). The van der Waals surface area contributed by atoms with E-state index in [9.17, 15) is 9.59 Å².